The number of esters is 1. The third-order valence-corrected chi connectivity index (χ3v) is 3.51. The molecule has 0 radical (unpaired) electrons. The van der Waals surface area contributed by atoms with Gasteiger partial charge in [0.25, 0.3) is 0 Å². The molecule has 0 N–H and O–H groups in total. The zero-order valence-corrected chi connectivity index (χ0v) is 12.3. The number of methoxy groups -OCH3 is 1. The van der Waals surface area contributed by atoms with Crippen LogP contribution in [0.1, 0.15) is 17.4 Å². The van der Waals surface area contributed by atoms with Crippen LogP contribution < -0.4 is 4.74 Å². The van der Waals surface area contributed by atoms with E-state index in [2.05, 4.69) is 4.98 Å². The zero-order valence-electron chi connectivity index (χ0n) is 11.6. The molecule has 2 heterocycles. The Morgan fingerprint density at radius 2 is 2.19 bits per heavy atom. The Labute approximate surface area is 126 Å². The number of pyridine rings is 1. The number of fused-ring (bicyclic) bond motifs is 3. The Morgan fingerprint density at radius 1 is 1.38 bits per heavy atom. The molecule has 3 rings (SSSR count). The first-order valence-corrected chi connectivity index (χ1v) is 6.84. The lowest BCUT2D eigenvalue weighted by molar-refractivity contribution is 0.0520. The summed E-state index contributed by atoms with van der Waals surface area (Å²) in [6, 6.07) is 7.28. The third-order valence-electron chi connectivity index (χ3n) is 3.20. The van der Waals surface area contributed by atoms with Crippen LogP contribution in [0.15, 0.2) is 30.5 Å². The van der Waals surface area contributed by atoms with E-state index in [1.54, 1.807) is 30.7 Å². The summed E-state index contributed by atoms with van der Waals surface area (Å²) in [7, 11) is 1.60. The molecule has 0 saturated heterocycles. The lowest BCUT2D eigenvalue weighted by atomic mass is 10.2. The molecular weight excluding hydrogens is 292 g/mol. The summed E-state index contributed by atoms with van der Waals surface area (Å²) in [5.74, 6) is 0.255. The second kappa shape index (κ2) is 5.26. The third kappa shape index (κ3) is 2.29. The van der Waals surface area contributed by atoms with Crippen LogP contribution in [0.5, 0.6) is 5.75 Å². The maximum absolute atomic E-state index is 11.8. The van der Waals surface area contributed by atoms with Crippen LogP contribution in [0.3, 0.4) is 0 Å². The van der Waals surface area contributed by atoms with Gasteiger partial charge in [-0.1, -0.05) is 11.6 Å². The summed E-state index contributed by atoms with van der Waals surface area (Å²) in [5, 5.41) is 1.43. The van der Waals surface area contributed by atoms with Crippen molar-refractivity contribution < 1.29 is 14.3 Å². The molecule has 0 unspecified atom stereocenters. The second-order valence-corrected chi connectivity index (χ2v) is 4.86. The smallest absolute Gasteiger partial charge is 0.358 e. The minimum Gasteiger partial charge on any atom is -0.497 e. The van der Waals surface area contributed by atoms with E-state index < -0.39 is 5.97 Å². The van der Waals surface area contributed by atoms with E-state index in [9.17, 15) is 4.79 Å². The number of carbonyl (C=O) groups excluding carboxylic acids is 1. The summed E-state index contributed by atoms with van der Waals surface area (Å²) in [4.78, 5) is 16.1. The second-order valence-electron chi connectivity index (χ2n) is 4.45. The molecule has 108 valence electrons. The molecule has 3 aromatic rings. The highest BCUT2D eigenvalue weighted by Gasteiger charge is 2.14. The van der Waals surface area contributed by atoms with Gasteiger partial charge in [0, 0.05) is 23.7 Å². The van der Waals surface area contributed by atoms with Gasteiger partial charge in [-0.05, 0) is 19.1 Å². The van der Waals surface area contributed by atoms with Crippen LogP contribution in [0.2, 0.25) is 5.02 Å². The molecule has 0 amide bonds. The molecular formula is C15H13ClN2O3. The first-order valence-electron chi connectivity index (χ1n) is 6.46. The van der Waals surface area contributed by atoms with Crippen molar-refractivity contribution in [3.8, 4) is 5.75 Å². The SMILES string of the molecule is CCOC(=O)c1cn2c(cc(Cl)c3ccc(OC)cc32)n1. The van der Waals surface area contributed by atoms with E-state index >= 15 is 0 Å². The highest BCUT2D eigenvalue weighted by atomic mass is 35.5. The normalized spacial score (nSPS) is 11.0. The Hall–Kier alpha value is -2.27. The van der Waals surface area contributed by atoms with Crippen molar-refractivity contribution in [3.05, 3.63) is 41.2 Å². The minimum atomic E-state index is -0.451. The maximum atomic E-state index is 11.8. The molecule has 0 aliphatic carbocycles. The molecule has 2 aromatic heterocycles. The van der Waals surface area contributed by atoms with Crippen molar-refractivity contribution in [2.24, 2.45) is 0 Å². The fourth-order valence-corrected chi connectivity index (χ4v) is 2.48. The average molecular weight is 305 g/mol. The number of hydrogen-bond acceptors (Lipinski definition) is 4. The van der Waals surface area contributed by atoms with Gasteiger partial charge in [0.15, 0.2) is 5.69 Å². The van der Waals surface area contributed by atoms with Crippen LogP contribution in [0.4, 0.5) is 0 Å². The van der Waals surface area contributed by atoms with E-state index in [1.807, 2.05) is 18.2 Å². The monoisotopic (exact) mass is 304 g/mol. The summed E-state index contributed by atoms with van der Waals surface area (Å²) in [6.45, 7) is 2.06. The van der Waals surface area contributed by atoms with Crippen LogP contribution in [0, 0.1) is 0 Å². The van der Waals surface area contributed by atoms with Crippen LogP contribution >= 0.6 is 11.6 Å². The quantitative estimate of drug-likeness (QED) is 0.697. The molecule has 5 nitrogen and oxygen atoms in total. The number of carbonyl (C=O) groups is 1. The molecule has 0 fully saturated rings. The van der Waals surface area contributed by atoms with Gasteiger partial charge in [-0.2, -0.15) is 0 Å². The van der Waals surface area contributed by atoms with Gasteiger partial charge in [0.05, 0.1) is 24.3 Å². The topological polar surface area (TPSA) is 52.8 Å². The van der Waals surface area contributed by atoms with Gasteiger partial charge in [-0.25, -0.2) is 9.78 Å². The molecule has 0 atom stereocenters. The molecule has 0 bridgehead atoms. The molecule has 0 spiro atoms. The predicted molar refractivity (Wildman–Crippen MR) is 80.2 cm³/mol. The summed E-state index contributed by atoms with van der Waals surface area (Å²) in [6.07, 6.45) is 1.64. The van der Waals surface area contributed by atoms with E-state index in [1.165, 1.54) is 0 Å². The highest BCUT2D eigenvalue weighted by Crippen LogP contribution is 2.29. The Bertz CT molecular complexity index is 842. The number of imidazole rings is 1. The largest absolute Gasteiger partial charge is 0.497 e. The molecule has 1 aromatic carbocycles. The van der Waals surface area contributed by atoms with Crippen molar-refractivity contribution >= 4 is 34.1 Å². The molecule has 0 saturated carbocycles. The summed E-state index contributed by atoms with van der Waals surface area (Å²) < 4.78 is 12.0. The van der Waals surface area contributed by atoms with Crippen molar-refractivity contribution in [2.75, 3.05) is 13.7 Å². The molecule has 21 heavy (non-hydrogen) atoms. The van der Waals surface area contributed by atoms with Crippen LogP contribution in [-0.2, 0) is 4.74 Å². The van der Waals surface area contributed by atoms with Crippen molar-refractivity contribution in [3.63, 3.8) is 0 Å². The Morgan fingerprint density at radius 3 is 2.90 bits per heavy atom. The summed E-state index contributed by atoms with van der Waals surface area (Å²) >= 11 is 6.27. The standard InChI is InChI=1S/C15H13ClN2O3/c1-3-21-15(19)12-8-18-13-6-9(20-2)4-5-10(13)11(16)7-14(18)17-12/h4-8H,3H2,1-2H3. The minimum absolute atomic E-state index is 0.253. The van der Waals surface area contributed by atoms with E-state index in [0.717, 1.165) is 10.9 Å². The van der Waals surface area contributed by atoms with Gasteiger partial charge in [0.1, 0.15) is 11.4 Å². The van der Waals surface area contributed by atoms with Crippen molar-refractivity contribution in [1.82, 2.24) is 9.38 Å². The highest BCUT2D eigenvalue weighted by molar-refractivity contribution is 6.35. The first kappa shape index (κ1) is 13.7. The first-order chi connectivity index (χ1) is 10.1. The van der Waals surface area contributed by atoms with E-state index in [0.29, 0.717) is 23.0 Å². The number of ether oxygens (including phenoxy) is 2. The number of hydrogen-bond donors (Lipinski definition) is 0. The zero-order chi connectivity index (χ0) is 15.0. The number of halogens is 1. The Kier molecular flexibility index (Phi) is 3.43. The Balaban J connectivity index is 2.28. The average Bonchev–Trinajstić information content (AvgIpc) is 2.91. The molecule has 0 aliphatic rings. The van der Waals surface area contributed by atoms with Gasteiger partial charge < -0.3 is 9.47 Å². The maximum Gasteiger partial charge on any atom is 0.358 e. The number of benzene rings is 1. The van der Waals surface area contributed by atoms with Crippen molar-refractivity contribution in [2.45, 2.75) is 6.92 Å². The number of nitrogens with zero attached hydrogens (tertiary/aromatic N) is 2. The number of rotatable bonds is 3. The van der Waals surface area contributed by atoms with E-state index in [4.69, 9.17) is 21.1 Å². The molecule has 6 heteroatoms. The van der Waals surface area contributed by atoms with E-state index in [-0.39, 0.29) is 5.69 Å². The van der Waals surface area contributed by atoms with Gasteiger partial charge in [0.2, 0.25) is 0 Å². The van der Waals surface area contributed by atoms with Gasteiger partial charge in [-0.15, -0.1) is 0 Å². The summed E-state index contributed by atoms with van der Waals surface area (Å²) in [5.41, 5.74) is 1.66. The van der Waals surface area contributed by atoms with Crippen molar-refractivity contribution in [1.29, 1.82) is 0 Å². The number of aromatic nitrogens is 2. The fourth-order valence-electron chi connectivity index (χ4n) is 2.22. The lowest BCUT2D eigenvalue weighted by Crippen LogP contribution is -2.04. The van der Waals surface area contributed by atoms with Crippen LogP contribution in [0.25, 0.3) is 16.6 Å². The van der Waals surface area contributed by atoms with Crippen LogP contribution in [-0.4, -0.2) is 29.1 Å². The van der Waals surface area contributed by atoms with Gasteiger partial charge in [-0.3, -0.25) is 4.40 Å². The predicted octanol–water partition coefficient (Wildman–Crippen LogP) is 3.33. The van der Waals surface area contributed by atoms with Gasteiger partial charge >= 0.3 is 5.97 Å². The lowest BCUT2D eigenvalue weighted by Gasteiger charge is -2.06. The molecule has 0 aliphatic heterocycles. The fraction of sp³-hybridized carbons (Fsp3) is 0.200.